The van der Waals surface area contributed by atoms with Crippen molar-refractivity contribution >= 4 is 22.9 Å². The summed E-state index contributed by atoms with van der Waals surface area (Å²) < 4.78 is 5.12. The summed E-state index contributed by atoms with van der Waals surface area (Å²) in [4.78, 5) is 32.4. The van der Waals surface area contributed by atoms with Crippen molar-refractivity contribution in [2.24, 2.45) is 5.92 Å². The molecule has 1 aliphatic carbocycles. The van der Waals surface area contributed by atoms with E-state index in [1.54, 1.807) is 30.6 Å². The maximum Gasteiger partial charge on any atom is 0.338 e. The molecular weight excluding hydrogens is 306 g/mol. The number of benzene rings is 1. The van der Waals surface area contributed by atoms with Gasteiger partial charge in [-0.2, -0.15) is 0 Å². The first-order valence-corrected chi connectivity index (χ1v) is 8.31. The van der Waals surface area contributed by atoms with Gasteiger partial charge in [0.1, 0.15) is 0 Å². The van der Waals surface area contributed by atoms with Gasteiger partial charge in [-0.3, -0.25) is 14.8 Å². The third kappa shape index (κ3) is 3.88. The lowest BCUT2D eigenvalue weighted by molar-refractivity contribution is -0.125. The van der Waals surface area contributed by atoms with Gasteiger partial charge in [0.25, 0.3) is 5.91 Å². The number of carbonyl (C=O) groups is 2. The lowest BCUT2D eigenvalue weighted by Gasteiger charge is -2.29. The van der Waals surface area contributed by atoms with Crippen LogP contribution in [0.5, 0.6) is 0 Å². The van der Waals surface area contributed by atoms with E-state index in [2.05, 4.69) is 22.2 Å². The van der Waals surface area contributed by atoms with Crippen LogP contribution in [-0.4, -0.2) is 34.5 Å². The molecule has 1 aliphatic rings. The summed E-state index contributed by atoms with van der Waals surface area (Å²) in [7, 11) is 0. The average Bonchev–Trinajstić information content (AvgIpc) is 2.61. The van der Waals surface area contributed by atoms with Gasteiger partial charge in [0.15, 0.2) is 6.61 Å². The van der Waals surface area contributed by atoms with E-state index in [9.17, 15) is 9.59 Å². The second-order valence-electron chi connectivity index (χ2n) is 6.27. The molecule has 6 nitrogen and oxygen atoms in total. The molecule has 0 bridgehead atoms. The minimum absolute atomic E-state index is 0.181. The molecule has 1 fully saturated rings. The number of aromatic nitrogens is 2. The van der Waals surface area contributed by atoms with Crippen molar-refractivity contribution in [2.75, 3.05) is 6.61 Å². The standard InChI is InChI=1S/C18H21N3O3/c1-12-4-2-3-5-14(12)21-17(22)11-24-18(23)13-6-7-15-16(10-13)20-9-8-19-15/h6-10,12,14H,2-5,11H2,1H3,(H,21,22)/t12-,14-/m0/s1. The van der Waals surface area contributed by atoms with Gasteiger partial charge in [-0.15, -0.1) is 0 Å². The molecule has 0 spiro atoms. The molecule has 1 aromatic heterocycles. The number of amides is 1. The van der Waals surface area contributed by atoms with Crippen LogP contribution in [0.2, 0.25) is 0 Å². The third-order valence-corrected chi connectivity index (χ3v) is 4.50. The zero-order valence-electron chi connectivity index (χ0n) is 13.7. The molecular formula is C18H21N3O3. The Labute approximate surface area is 140 Å². The summed E-state index contributed by atoms with van der Waals surface area (Å²) in [6.45, 7) is 1.88. The molecule has 1 N–H and O–H groups in total. The van der Waals surface area contributed by atoms with Crippen molar-refractivity contribution in [1.82, 2.24) is 15.3 Å². The van der Waals surface area contributed by atoms with Crippen LogP contribution in [0, 0.1) is 5.92 Å². The molecule has 0 aliphatic heterocycles. The van der Waals surface area contributed by atoms with E-state index in [1.165, 1.54) is 6.42 Å². The smallest absolute Gasteiger partial charge is 0.338 e. The lowest BCUT2D eigenvalue weighted by atomic mass is 9.86. The number of hydrogen-bond acceptors (Lipinski definition) is 5. The van der Waals surface area contributed by atoms with E-state index in [-0.39, 0.29) is 18.6 Å². The fraction of sp³-hybridized carbons (Fsp3) is 0.444. The van der Waals surface area contributed by atoms with Crippen LogP contribution in [0.25, 0.3) is 11.0 Å². The molecule has 1 amide bonds. The van der Waals surface area contributed by atoms with Gasteiger partial charge in [0, 0.05) is 18.4 Å². The molecule has 1 heterocycles. The summed E-state index contributed by atoms with van der Waals surface area (Å²) in [5, 5.41) is 2.97. The number of rotatable bonds is 4. The quantitative estimate of drug-likeness (QED) is 0.873. The normalized spacial score (nSPS) is 20.5. The molecule has 0 unspecified atom stereocenters. The number of ether oxygens (including phenoxy) is 1. The maximum absolute atomic E-state index is 12.1. The molecule has 0 saturated heterocycles. The molecule has 2 aromatic rings. The van der Waals surface area contributed by atoms with Crippen LogP contribution < -0.4 is 5.32 Å². The molecule has 0 radical (unpaired) electrons. The second kappa shape index (κ2) is 7.38. The van der Waals surface area contributed by atoms with Gasteiger partial charge in [0.2, 0.25) is 0 Å². The molecule has 6 heteroatoms. The number of nitrogens with one attached hydrogen (secondary N) is 1. The zero-order valence-corrected chi connectivity index (χ0v) is 13.7. The van der Waals surface area contributed by atoms with Crippen LogP contribution in [0.3, 0.4) is 0 Å². The summed E-state index contributed by atoms with van der Waals surface area (Å²) in [6, 6.07) is 5.13. The Hall–Kier alpha value is -2.50. The number of fused-ring (bicyclic) bond motifs is 1. The van der Waals surface area contributed by atoms with Gasteiger partial charge in [-0.05, 0) is 37.0 Å². The van der Waals surface area contributed by atoms with E-state index >= 15 is 0 Å². The SMILES string of the molecule is C[C@H]1CCCC[C@@H]1NC(=O)COC(=O)c1ccc2nccnc2c1. The molecule has 126 valence electrons. The average molecular weight is 327 g/mol. The monoisotopic (exact) mass is 327 g/mol. The van der Waals surface area contributed by atoms with Crippen LogP contribution >= 0.6 is 0 Å². The van der Waals surface area contributed by atoms with E-state index in [0.29, 0.717) is 22.5 Å². The van der Waals surface area contributed by atoms with Gasteiger partial charge < -0.3 is 10.1 Å². The first-order chi connectivity index (χ1) is 11.6. The Bertz CT molecular complexity index is 747. The highest BCUT2D eigenvalue weighted by atomic mass is 16.5. The molecule has 24 heavy (non-hydrogen) atoms. The minimum Gasteiger partial charge on any atom is -0.452 e. The fourth-order valence-electron chi connectivity index (χ4n) is 3.08. The van der Waals surface area contributed by atoms with E-state index in [1.807, 2.05) is 0 Å². The van der Waals surface area contributed by atoms with Gasteiger partial charge in [0.05, 0.1) is 16.6 Å². The molecule has 1 aromatic carbocycles. The van der Waals surface area contributed by atoms with Gasteiger partial charge in [-0.1, -0.05) is 19.8 Å². The first kappa shape index (κ1) is 16.4. The van der Waals surface area contributed by atoms with Crippen molar-refractivity contribution in [3.8, 4) is 0 Å². The second-order valence-corrected chi connectivity index (χ2v) is 6.27. The Morgan fingerprint density at radius 3 is 2.71 bits per heavy atom. The summed E-state index contributed by atoms with van der Waals surface area (Å²) in [6.07, 6.45) is 7.63. The third-order valence-electron chi connectivity index (χ3n) is 4.50. The highest BCUT2D eigenvalue weighted by molar-refractivity contribution is 5.94. The predicted molar refractivity (Wildman–Crippen MR) is 89.4 cm³/mol. The molecule has 1 saturated carbocycles. The largest absolute Gasteiger partial charge is 0.452 e. The van der Waals surface area contributed by atoms with E-state index in [0.717, 1.165) is 19.3 Å². The number of esters is 1. The predicted octanol–water partition coefficient (Wildman–Crippen LogP) is 2.48. The van der Waals surface area contributed by atoms with Crippen molar-refractivity contribution in [1.29, 1.82) is 0 Å². The van der Waals surface area contributed by atoms with E-state index in [4.69, 9.17) is 4.74 Å². The van der Waals surface area contributed by atoms with Crippen LogP contribution in [0.4, 0.5) is 0 Å². The van der Waals surface area contributed by atoms with Crippen molar-refractivity contribution in [3.05, 3.63) is 36.2 Å². The highest BCUT2D eigenvalue weighted by Crippen LogP contribution is 2.23. The van der Waals surface area contributed by atoms with Crippen LogP contribution in [-0.2, 0) is 9.53 Å². The Morgan fingerprint density at radius 1 is 1.17 bits per heavy atom. The van der Waals surface area contributed by atoms with Crippen molar-refractivity contribution in [2.45, 2.75) is 38.6 Å². The maximum atomic E-state index is 12.1. The highest BCUT2D eigenvalue weighted by Gasteiger charge is 2.23. The Morgan fingerprint density at radius 2 is 1.92 bits per heavy atom. The number of carbonyl (C=O) groups excluding carboxylic acids is 2. The molecule has 3 rings (SSSR count). The fourth-order valence-corrected chi connectivity index (χ4v) is 3.08. The Kier molecular flexibility index (Phi) is 5.03. The zero-order chi connectivity index (χ0) is 16.9. The van der Waals surface area contributed by atoms with Gasteiger partial charge in [-0.25, -0.2) is 4.79 Å². The van der Waals surface area contributed by atoms with Crippen molar-refractivity contribution in [3.63, 3.8) is 0 Å². The van der Waals surface area contributed by atoms with Crippen molar-refractivity contribution < 1.29 is 14.3 Å². The summed E-state index contributed by atoms with van der Waals surface area (Å²) in [5.41, 5.74) is 1.69. The van der Waals surface area contributed by atoms with E-state index < -0.39 is 5.97 Å². The summed E-state index contributed by atoms with van der Waals surface area (Å²) >= 11 is 0. The van der Waals surface area contributed by atoms with Crippen LogP contribution in [0.15, 0.2) is 30.6 Å². The number of hydrogen-bond donors (Lipinski definition) is 1. The minimum atomic E-state index is -0.533. The number of nitrogens with zero attached hydrogens (tertiary/aromatic N) is 2. The Balaban J connectivity index is 1.55. The lowest BCUT2D eigenvalue weighted by Crippen LogP contribution is -2.42. The summed E-state index contributed by atoms with van der Waals surface area (Å²) in [5.74, 6) is -0.311. The van der Waals surface area contributed by atoms with Gasteiger partial charge >= 0.3 is 5.97 Å². The molecule has 2 atom stereocenters. The first-order valence-electron chi connectivity index (χ1n) is 8.31. The topological polar surface area (TPSA) is 81.2 Å². The van der Waals surface area contributed by atoms with Crippen LogP contribution in [0.1, 0.15) is 43.0 Å².